The zero-order valence-corrected chi connectivity index (χ0v) is 8.74. The maximum Gasteiger partial charge on any atom is 0.115 e. The molecule has 0 radical (unpaired) electrons. The van der Waals surface area contributed by atoms with Crippen LogP contribution in [0.4, 0.5) is 0 Å². The minimum atomic E-state index is -0.0339. The van der Waals surface area contributed by atoms with Crippen molar-refractivity contribution in [3.05, 3.63) is 29.8 Å². The Labute approximate surface area is 89.8 Å². The van der Waals surface area contributed by atoms with Gasteiger partial charge in [0, 0.05) is 12.0 Å². The third kappa shape index (κ3) is 2.30. The van der Waals surface area contributed by atoms with Crippen molar-refractivity contribution < 1.29 is 10.2 Å². The first kappa shape index (κ1) is 10.5. The second kappa shape index (κ2) is 4.21. The third-order valence-corrected chi connectivity index (χ3v) is 3.16. The SMILES string of the molecule is OCC1(Cc2cccc(O)c2)CCNC1. The van der Waals surface area contributed by atoms with Crippen molar-refractivity contribution in [3.8, 4) is 5.75 Å². The predicted molar refractivity (Wildman–Crippen MR) is 58.8 cm³/mol. The molecule has 0 bridgehead atoms. The monoisotopic (exact) mass is 207 g/mol. The number of phenolic OH excluding ortho intramolecular Hbond substituents is 1. The molecule has 82 valence electrons. The Balaban J connectivity index is 2.12. The van der Waals surface area contributed by atoms with Crippen LogP contribution >= 0.6 is 0 Å². The van der Waals surface area contributed by atoms with Crippen LogP contribution in [0.1, 0.15) is 12.0 Å². The molecule has 1 unspecified atom stereocenters. The Morgan fingerprint density at radius 1 is 1.40 bits per heavy atom. The van der Waals surface area contributed by atoms with Gasteiger partial charge in [-0.1, -0.05) is 12.1 Å². The molecule has 15 heavy (non-hydrogen) atoms. The van der Waals surface area contributed by atoms with Crippen LogP contribution in [0.25, 0.3) is 0 Å². The number of aromatic hydroxyl groups is 1. The second-order valence-electron chi connectivity index (χ2n) is 4.43. The van der Waals surface area contributed by atoms with Crippen LogP contribution in [-0.2, 0) is 6.42 Å². The number of aliphatic hydroxyl groups is 1. The highest BCUT2D eigenvalue weighted by Gasteiger charge is 2.33. The van der Waals surface area contributed by atoms with E-state index >= 15 is 0 Å². The first-order valence-electron chi connectivity index (χ1n) is 5.34. The lowest BCUT2D eigenvalue weighted by molar-refractivity contribution is 0.143. The van der Waals surface area contributed by atoms with Crippen molar-refractivity contribution in [2.45, 2.75) is 12.8 Å². The number of hydrogen-bond acceptors (Lipinski definition) is 3. The van der Waals surface area contributed by atoms with Gasteiger partial charge in [-0.3, -0.25) is 0 Å². The number of hydrogen-bond donors (Lipinski definition) is 3. The summed E-state index contributed by atoms with van der Waals surface area (Å²) in [6, 6.07) is 7.28. The molecule has 3 heteroatoms. The van der Waals surface area contributed by atoms with E-state index < -0.39 is 0 Å². The van der Waals surface area contributed by atoms with Crippen molar-refractivity contribution in [2.75, 3.05) is 19.7 Å². The first-order chi connectivity index (χ1) is 7.24. The quantitative estimate of drug-likeness (QED) is 0.690. The van der Waals surface area contributed by atoms with E-state index in [1.165, 1.54) is 0 Å². The van der Waals surface area contributed by atoms with Crippen LogP contribution in [-0.4, -0.2) is 29.9 Å². The van der Waals surface area contributed by atoms with E-state index in [2.05, 4.69) is 5.32 Å². The molecule has 0 amide bonds. The number of phenols is 1. The van der Waals surface area contributed by atoms with Crippen LogP contribution in [0.3, 0.4) is 0 Å². The van der Waals surface area contributed by atoms with E-state index in [0.717, 1.165) is 31.5 Å². The molecule has 0 saturated carbocycles. The van der Waals surface area contributed by atoms with Crippen LogP contribution in [0.2, 0.25) is 0 Å². The lowest BCUT2D eigenvalue weighted by Crippen LogP contribution is -2.30. The van der Waals surface area contributed by atoms with Crippen molar-refractivity contribution in [1.82, 2.24) is 5.32 Å². The minimum Gasteiger partial charge on any atom is -0.508 e. The van der Waals surface area contributed by atoms with Crippen LogP contribution in [0, 0.1) is 5.41 Å². The molecule has 1 heterocycles. The molecule has 3 nitrogen and oxygen atoms in total. The highest BCUT2D eigenvalue weighted by molar-refractivity contribution is 5.28. The average molecular weight is 207 g/mol. The van der Waals surface area contributed by atoms with E-state index in [-0.39, 0.29) is 12.0 Å². The summed E-state index contributed by atoms with van der Waals surface area (Å²) < 4.78 is 0. The smallest absolute Gasteiger partial charge is 0.115 e. The lowest BCUT2D eigenvalue weighted by atomic mass is 9.81. The summed E-state index contributed by atoms with van der Waals surface area (Å²) >= 11 is 0. The molecule has 1 aromatic carbocycles. The fourth-order valence-corrected chi connectivity index (χ4v) is 2.24. The van der Waals surface area contributed by atoms with E-state index in [9.17, 15) is 10.2 Å². The molecule has 0 aliphatic carbocycles. The molecule has 1 aliphatic rings. The standard InChI is InChI=1S/C12H17NO2/c14-9-12(4-5-13-8-12)7-10-2-1-3-11(15)6-10/h1-3,6,13-15H,4-5,7-9H2. The molecule has 2 rings (SSSR count). The Hall–Kier alpha value is -1.06. The summed E-state index contributed by atoms with van der Waals surface area (Å²) in [6.45, 7) is 2.04. The minimum absolute atomic E-state index is 0.0339. The van der Waals surface area contributed by atoms with Gasteiger partial charge in [0.25, 0.3) is 0 Å². The normalized spacial score (nSPS) is 25.7. The fourth-order valence-electron chi connectivity index (χ4n) is 2.24. The number of nitrogens with one attached hydrogen (secondary N) is 1. The highest BCUT2D eigenvalue weighted by Crippen LogP contribution is 2.30. The second-order valence-corrected chi connectivity index (χ2v) is 4.43. The van der Waals surface area contributed by atoms with Gasteiger partial charge >= 0.3 is 0 Å². The Morgan fingerprint density at radius 3 is 2.87 bits per heavy atom. The van der Waals surface area contributed by atoms with Crippen molar-refractivity contribution in [3.63, 3.8) is 0 Å². The third-order valence-electron chi connectivity index (χ3n) is 3.16. The molecule has 0 aromatic heterocycles. The molecule has 3 N–H and O–H groups in total. The van der Waals surface area contributed by atoms with Gasteiger partial charge in [0.05, 0.1) is 6.61 Å². The van der Waals surface area contributed by atoms with Gasteiger partial charge in [0.2, 0.25) is 0 Å². The fraction of sp³-hybridized carbons (Fsp3) is 0.500. The summed E-state index contributed by atoms with van der Waals surface area (Å²) in [5.74, 6) is 0.298. The van der Waals surface area contributed by atoms with Gasteiger partial charge in [-0.15, -0.1) is 0 Å². The maximum atomic E-state index is 9.44. The van der Waals surface area contributed by atoms with Crippen LogP contribution in [0.15, 0.2) is 24.3 Å². The Morgan fingerprint density at radius 2 is 2.27 bits per heavy atom. The van der Waals surface area contributed by atoms with E-state index in [1.807, 2.05) is 12.1 Å². The van der Waals surface area contributed by atoms with Crippen molar-refractivity contribution >= 4 is 0 Å². The average Bonchev–Trinajstić information content (AvgIpc) is 2.67. The summed E-state index contributed by atoms with van der Waals surface area (Å²) in [5, 5.41) is 22.1. The predicted octanol–water partition coefficient (Wildman–Crippen LogP) is 0.907. The van der Waals surface area contributed by atoms with Crippen molar-refractivity contribution in [2.24, 2.45) is 5.41 Å². The molecule has 1 saturated heterocycles. The van der Waals surface area contributed by atoms with Gasteiger partial charge < -0.3 is 15.5 Å². The Kier molecular flexibility index (Phi) is 2.93. The number of aliphatic hydroxyl groups excluding tert-OH is 1. The van der Waals surface area contributed by atoms with Gasteiger partial charge in [0.1, 0.15) is 5.75 Å². The number of benzene rings is 1. The molecular formula is C12H17NO2. The summed E-state index contributed by atoms with van der Waals surface area (Å²) in [4.78, 5) is 0. The van der Waals surface area contributed by atoms with Crippen molar-refractivity contribution in [1.29, 1.82) is 0 Å². The molecule has 1 aromatic rings. The molecular weight excluding hydrogens is 190 g/mol. The van der Waals surface area contributed by atoms with Gasteiger partial charge in [0.15, 0.2) is 0 Å². The van der Waals surface area contributed by atoms with E-state index in [0.29, 0.717) is 5.75 Å². The van der Waals surface area contributed by atoms with Gasteiger partial charge in [-0.25, -0.2) is 0 Å². The summed E-state index contributed by atoms with van der Waals surface area (Å²) in [5.41, 5.74) is 1.06. The van der Waals surface area contributed by atoms with E-state index in [1.54, 1.807) is 12.1 Å². The van der Waals surface area contributed by atoms with Crippen LogP contribution in [0.5, 0.6) is 5.75 Å². The Bertz CT molecular complexity index is 332. The maximum absolute atomic E-state index is 9.44. The zero-order chi connectivity index (χ0) is 10.7. The molecule has 0 spiro atoms. The number of rotatable bonds is 3. The van der Waals surface area contributed by atoms with Gasteiger partial charge in [-0.05, 0) is 37.1 Å². The lowest BCUT2D eigenvalue weighted by Gasteiger charge is -2.25. The van der Waals surface area contributed by atoms with E-state index in [4.69, 9.17) is 0 Å². The topological polar surface area (TPSA) is 52.5 Å². The largest absolute Gasteiger partial charge is 0.508 e. The molecule has 1 fully saturated rings. The highest BCUT2D eigenvalue weighted by atomic mass is 16.3. The molecule has 1 aliphatic heterocycles. The zero-order valence-electron chi connectivity index (χ0n) is 8.74. The van der Waals surface area contributed by atoms with Crippen LogP contribution < -0.4 is 5.32 Å². The van der Waals surface area contributed by atoms with Gasteiger partial charge in [-0.2, -0.15) is 0 Å². The summed E-state index contributed by atoms with van der Waals surface area (Å²) in [6.07, 6.45) is 1.82. The summed E-state index contributed by atoms with van der Waals surface area (Å²) in [7, 11) is 0. The molecule has 1 atom stereocenters. The first-order valence-corrected chi connectivity index (χ1v) is 5.34.